The summed E-state index contributed by atoms with van der Waals surface area (Å²) in [6, 6.07) is 9.63. The number of fused-ring (bicyclic) bond motifs is 1. The molecule has 0 spiro atoms. The van der Waals surface area contributed by atoms with Gasteiger partial charge in [-0.25, -0.2) is 9.97 Å². The van der Waals surface area contributed by atoms with Crippen molar-refractivity contribution in [3.05, 3.63) is 84.2 Å². The van der Waals surface area contributed by atoms with Gasteiger partial charge in [0, 0.05) is 11.3 Å². The lowest BCUT2D eigenvalue weighted by Gasteiger charge is -2.08. The van der Waals surface area contributed by atoms with E-state index in [9.17, 15) is 4.79 Å². The Balaban J connectivity index is 2.44. The van der Waals surface area contributed by atoms with Gasteiger partial charge in [0.2, 0.25) is 0 Å². The highest BCUT2D eigenvalue weighted by Gasteiger charge is 2.17. The first-order valence-electron chi connectivity index (χ1n) is 6.73. The number of nitrogens with zero attached hydrogens (tertiary/aromatic N) is 3. The van der Waals surface area contributed by atoms with E-state index in [0.29, 0.717) is 11.5 Å². The number of imidazole rings is 1. The van der Waals surface area contributed by atoms with E-state index in [1.54, 1.807) is 18.2 Å². The number of para-hydroxylation sites is 1. The molecule has 2 heterocycles. The molecule has 22 heavy (non-hydrogen) atoms. The van der Waals surface area contributed by atoms with Crippen molar-refractivity contribution < 1.29 is 0 Å². The standard InChI is InChI=1S/C17H14N4O/c1-3-8-12(4-2)15-20-14-16(18-11-19-17(14)22)21(15)13-9-6-5-7-10-13/h3-11H,1-2H2,(H,18,19,22)/b12-8+. The molecule has 0 aliphatic carbocycles. The highest BCUT2D eigenvalue weighted by atomic mass is 16.1. The fraction of sp³-hybridized carbons (Fsp3) is 0. The number of nitrogens with one attached hydrogen (secondary N) is 1. The molecule has 1 aromatic carbocycles. The first-order chi connectivity index (χ1) is 10.8. The van der Waals surface area contributed by atoms with Gasteiger partial charge in [0.15, 0.2) is 11.2 Å². The minimum atomic E-state index is -0.275. The van der Waals surface area contributed by atoms with Gasteiger partial charge in [0.05, 0.1) is 6.33 Å². The molecule has 0 saturated carbocycles. The number of benzene rings is 1. The lowest BCUT2D eigenvalue weighted by molar-refractivity contribution is 1.03. The van der Waals surface area contributed by atoms with Gasteiger partial charge < -0.3 is 4.98 Å². The van der Waals surface area contributed by atoms with E-state index in [4.69, 9.17) is 0 Å². The van der Waals surface area contributed by atoms with Crippen LogP contribution in [0.25, 0.3) is 22.4 Å². The highest BCUT2D eigenvalue weighted by Crippen LogP contribution is 2.23. The van der Waals surface area contributed by atoms with Crippen LogP contribution < -0.4 is 5.56 Å². The van der Waals surface area contributed by atoms with Gasteiger partial charge in [-0.05, 0) is 12.1 Å². The van der Waals surface area contributed by atoms with Crippen LogP contribution in [-0.4, -0.2) is 19.5 Å². The van der Waals surface area contributed by atoms with Crippen molar-refractivity contribution in [1.82, 2.24) is 19.5 Å². The Hall–Kier alpha value is -3.21. The Kier molecular flexibility index (Phi) is 3.53. The van der Waals surface area contributed by atoms with E-state index >= 15 is 0 Å². The molecule has 5 nitrogen and oxygen atoms in total. The smallest absolute Gasteiger partial charge is 0.278 e. The molecule has 0 fully saturated rings. The normalized spacial score (nSPS) is 11.5. The minimum Gasteiger partial charge on any atom is -0.311 e. The second-order valence-electron chi connectivity index (χ2n) is 4.57. The Labute approximate surface area is 127 Å². The fourth-order valence-corrected chi connectivity index (χ4v) is 2.28. The second kappa shape index (κ2) is 5.65. The minimum absolute atomic E-state index is 0.275. The molecular formula is C17H14N4O. The summed E-state index contributed by atoms with van der Waals surface area (Å²) >= 11 is 0. The van der Waals surface area contributed by atoms with Crippen LogP contribution in [-0.2, 0) is 0 Å². The number of H-pyrrole nitrogens is 1. The van der Waals surface area contributed by atoms with Crippen molar-refractivity contribution in [2.24, 2.45) is 0 Å². The Morgan fingerprint density at radius 1 is 1.23 bits per heavy atom. The summed E-state index contributed by atoms with van der Waals surface area (Å²) in [7, 11) is 0. The third-order valence-corrected chi connectivity index (χ3v) is 3.24. The monoisotopic (exact) mass is 290 g/mol. The predicted molar refractivity (Wildman–Crippen MR) is 87.9 cm³/mol. The third-order valence-electron chi connectivity index (χ3n) is 3.24. The van der Waals surface area contributed by atoms with Crippen molar-refractivity contribution in [3.8, 4) is 5.69 Å². The van der Waals surface area contributed by atoms with Crippen LogP contribution in [0.15, 0.2) is 72.8 Å². The molecular weight excluding hydrogens is 276 g/mol. The summed E-state index contributed by atoms with van der Waals surface area (Å²) in [5.41, 5.74) is 2.15. The van der Waals surface area contributed by atoms with Crippen LogP contribution in [0, 0.1) is 0 Å². The number of rotatable bonds is 4. The molecule has 5 heteroatoms. The van der Waals surface area contributed by atoms with Crippen molar-refractivity contribution >= 4 is 16.7 Å². The molecule has 0 saturated heterocycles. The maximum absolute atomic E-state index is 12.0. The summed E-state index contributed by atoms with van der Waals surface area (Å²) in [6.45, 7) is 7.51. The van der Waals surface area contributed by atoms with Crippen molar-refractivity contribution in [1.29, 1.82) is 0 Å². The van der Waals surface area contributed by atoms with Crippen LogP contribution in [0.4, 0.5) is 0 Å². The molecule has 0 amide bonds. The van der Waals surface area contributed by atoms with E-state index in [1.807, 2.05) is 34.9 Å². The molecule has 0 atom stereocenters. The van der Waals surface area contributed by atoms with Crippen LogP contribution in [0.2, 0.25) is 0 Å². The van der Waals surface area contributed by atoms with E-state index in [-0.39, 0.29) is 11.1 Å². The average molecular weight is 290 g/mol. The zero-order valence-electron chi connectivity index (χ0n) is 11.9. The molecule has 0 unspecified atom stereocenters. The van der Waals surface area contributed by atoms with Gasteiger partial charge in [-0.3, -0.25) is 9.36 Å². The van der Waals surface area contributed by atoms with Crippen LogP contribution in [0.5, 0.6) is 0 Å². The topological polar surface area (TPSA) is 63.6 Å². The number of allylic oxidation sites excluding steroid dienone is 4. The molecule has 0 aliphatic rings. The quantitative estimate of drug-likeness (QED) is 0.751. The van der Waals surface area contributed by atoms with Crippen LogP contribution in [0.1, 0.15) is 5.82 Å². The number of aromatic amines is 1. The van der Waals surface area contributed by atoms with Crippen LogP contribution >= 0.6 is 0 Å². The Morgan fingerprint density at radius 2 is 2.00 bits per heavy atom. The predicted octanol–water partition coefficient (Wildman–Crippen LogP) is 2.86. The molecule has 2 aromatic heterocycles. The molecule has 3 rings (SSSR count). The molecule has 1 N–H and O–H groups in total. The summed E-state index contributed by atoms with van der Waals surface area (Å²) in [5.74, 6) is 0.597. The van der Waals surface area contributed by atoms with E-state index in [1.165, 1.54) is 6.33 Å². The van der Waals surface area contributed by atoms with Crippen molar-refractivity contribution in [2.45, 2.75) is 0 Å². The second-order valence-corrected chi connectivity index (χ2v) is 4.57. The molecule has 0 radical (unpaired) electrons. The summed E-state index contributed by atoms with van der Waals surface area (Å²) < 4.78 is 1.83. The van der Waals surface area contributed by atoms with Gasteiger partial charge in [0.1, 0.15) is 5.82 Å². The third kappa shape index (κ3) is 2.18. The van der Waals surface area contributed by atoms with Crippen LogP contribution in [0.3, 0.4) is 0 Å². The van der Waals surface area contributed by atoms with E-state index in [0.717, 1.165) is 11.3 Å². The molecule has 0 aliphatic heterocycles. The van der Waals surface area contributed by atoms with Crippen molar-refractivity contribution in [3.63, 3.8) is 0 Å². The largest absolute Gasteiger partial charge is 0.311 e. The number of hydrogen-bond acceptors (Lipinski definition) is 3. The molecule has 3 aromatic rings. The van der Waals surface area contributed by atoms with E-state index < -0.39 is 0 Å². The lowest BCUT2D eigenvalue weighted by Crippen LogP contribution is -2.07. The summed E-state index contributed by atoms with van der Waals surface area (Å²) in [4.78, 5) is 23.3. The number of hydrogen-bond donors (Lipinski definition) is 1. The summed E-state index contributed by atoms with van der Waals surface area (Å²) in [6.07, 6.45) is 6.50. The first kappa shape index (κ1) is 13.8. The van der Waals surface area contributed by atoms with Gasteiger partial charge in [0.25, 0.3) is 5.56 Å². The van der Waals surface area contributed by atoms with Gasteiger partial charge >= 0.3 is 0 Å². The Morgan fingerprint density at radius 3 is 2.68 bits per heavy atom. The number of aromatic nitrogens is 4. The fourth-order valence-electron chi connectivity index (χ4n) is 2.28. The Bertz CT molecular complexity index is 932. The first-order valence-corrected chi connectivity index (χ1v) is 6.73. The zero-order chi connectivity index (χ0) is 15.5. The van der Waals surface area contributed by atoms with Crippen molar-refractivity contribution in [2.75, 3.05) is 0 Å². The SMILES string of the molecule is C=C/C=C(\C=C)c1nc2c(=O)[nH]cnc2n1-c1ccccc1. The van der Waals surface area contributed by atoms with Gasteiger partial charge in [-0.15, -0.1) is 0 Å². The summed E-state index contributed by atoms with van der Waals surface area (Å²) in [5, 5.41) is 0. The maximum Gasteiger partial charge on any atom is 0.278 e. The lowest BCUT2D eigenvalue weighted by atomic mass is 10.2. The molecule has 108 valence electrons. The average Bonchev–Trinajstić information content (AvgIpc) is 2.94. The van der Waals surface area contributed by atoms with E-state index in [2.05, 4.69) is 28.1 Å². The molecule has 0 bridgehead atoms. The maximum atomic E-state index is 12.0. The van der Waals surface area contributed by atoms with Gasteiger partial charge in [-0.2, -0.15) is 0 Å². The zero-order valence-corrected chi connectivity index (χ0v) is 11.9. The highest BCUT2D eigenvalue weighted by molar-refractivity contribution is 5.81. The van der Waals surface area contributed by atoms with Gasteiger partial charge in [-0.1, -0.05) is 49.6 Å².